The Kier molecular flexibility index (Phi) is 10.6. The fraction of sp³-hybridized carbons (Fsp3) is 0.478. The maximum atomic E-state index is 13.2. The number of para-hydroxylation sites is 1. The van der Waals surface area contributed by atoms with E-state index in [9.17, 15) is 29.4 Å². The van der Waals surface area contributed by atoms with E-state index in [1.807, 2.05) is 31.2 Å². The van der Waals surface area contributed by atoms with Crippen LogP contribution < -0.4 is 21.7 Å². The topological polar surface area (TPSA) is 187 Å². The molecule has 0 aliphatic carbocycles. The van der Waals surface area contributed by atoms with Gasteiger partial charge in [0.15, 0.2) is 0 Å². The number of carbonyl (C=O) groups excluding carboxylic acids is 3. The molecule has 2 rings (SSSR count). The number of fused-ring (bicyclic) bond motifs is 1. The van der Waals surface area contributed by atoms with Crippen molar-refractivity contribution >= 4 is 47.2 Å². The lowest BCUT2D eigenvalue weighted by molar-refractivity contribution is -0.143. The van der Waals surface area contributed by atoms with Crippen molar-refractivity contribution in [2.75, 3.05) is 12.4 Å². The molecule has 8 N–H and O–H groups in total. The van der Waals surface area contributed by atoms with Gasteiger partial charge in [0.2, 0.25) is 17.7 Å². The number of aliphatic hydroxyl groups is 1. The first-order chi connectivity index (χ1) is 16.6. The second kappa shape index (κ2) is 13.1. The molecule has 12 heteroatoms. The van der Waals surface area contributed by atoms with Gasteiger partial charge in [-0.15, -0.1) is 0 Å². The van der Waals surface area contributed by atoms with Crippen LogP contribution in [0.25, 0.3) is 10.9 Å². The Labute approximate surface area is 208 Å². The number of aliphatic carboxylic acids is 1. The summed E-state index contributed by atoms with van der Waals surface area (Å²) in [4.78, 5) is 53.0. The lowest BCUT2D eigenvalue weighted by atomic mass is 9.96. The van der Waals surface area contributed by atoms with E-state index in [2.05, 4.69) is 33.6 Å². The van der Waals surface area contributed by atoms with E-state index in [-0.39, 0.29) is 18.1 Å². The van der Waals surface area contributed by atoms with Gasteiger partial charge in [0.05, 0.1) is 12.6 Å². The van der Waals surface area contributed by atoms with Crippen LogP contribution in [0, 0.1) is 5.92 Å². The van der Waals surface area contributed by atoms with Crippen LogP contribution in [0.15, 0.2) is 30.5 Å². The summed E-state index contributed by atoms with van der Waals surface area (Å²) in [6.45, 7) is 2.81. The minimum atomic E-state index is -1.54. The standard InChI is InChI=1S/C23H33N5O6S/c1-3-12(2)19(28-20(30)15(24)11-35)22(32)26-17(21(31)27-18(10-29)23(33)34)8-13-9-25-16-7-5-4-6-14(13)16/h4-7,9,12,15,17-19,25,29,35H,3,8,10-11,24H2,1-2H3,(H,26,32)(H,27,31)(H,28,30)(H,33,34). The molecule has 5 unspecified atom stereocenters. The Morgan fingerprint density at radius 2 is 1.71 bits per heavy atom. The van der Waals surface area contributed by atoms with Gasteiger partial charge in [0, 0.05) is 29.3 Å². The second-order valence-electron chi connectivity index (χ2n) is 8.37. The maximum absolute atomic E-state index is 13.2. The number of thiol groups is 1. The van der Waals surface area contributed by atoms with E-state index in [4.69, 9.17) is 5.73 Å². The summed E-state index contributed by atoms with van der Waals surface area (Å²) < 4.78 is 0. The van der Waals surface area contributed by atoms with Crippen molar-refractivity contribution in [3.05, 3.63) is 36.0 Å². The molecule has 2 aromatic rings. The van der Waals surface area contributed by atoms with E-state index in [0.717, 1.165) is 16.5 Å². The SMILES string of the molecule is CCC(C)C(NC(=O)C(N)CS)C(=O)NC(Cc1c[nH]c2ccccc12)C(=O)NC(CO)C(=O)O. The first-order valence-corrected chi connectivity index (χ1v) is 11.9. The molecule has 0 aliphatic rings. The van der Waals surface area contributed by atoms with Crippen LogP contribution in [0.2, 0.25) is 0 Å². The summed E-state index contributed by atoms with van der Waals surface area (Å²) in [6, 6.07) is 2.78. The molecule has 11 nitrogen and oxygen atoms in total. The van der Waals surface area contributed by atoms with Crippen LogP contribution in [0.1, 0.15) is 25.8 Å². The summed E-state index contributed by atoms with van der Waals surface area (Å²) in [6.07, 6.45) is 2.30. The van der Waals surface area contributed by atoms with Crippen LogP contribution in [-0.2, 0) is 25.6 Å². The van der Waals surface area contributed by atoms with Crippen molar-refractivity contribution in [3.8, 4) is 0 Å². The molecule has 0 bridgehead atoms. The monoisotopic (exact) mass is 507 g/mol. The number of carboxylic acids is 1. The van der Waals surface area contributed by atoms with Crippen molar-refractivity contribution in [1.82, 2.24) is 20.9 Å². The molecule has 0 radical (unpaired) electrons. The number of rotatable bonds is 13. The highest BCUT2D eigenvalue weighted by molar-refractivity contribution is 7.80. The van der Waals surface area contributed by atoms with Crippen LogP contribution in [0.4, 0.5) is 0 Å². The molecule has 5 atom stereocenters. The first-order valence-electron chi connectivity index (χ1n) is 11.3. The molecule has 3 amide bonds. The van der Waals surface area contributed by atoms with Gasteiger partial charge >= 0.3 is 5.97 Å². The Bertz CT molecular complexity index is 1040. The maximum Gasteiger partial charge on any atom is 0.328 e. The highest BCUT2D eigenvalue weighted by Crippen LogP contribution is 2.19. The Morgan fingerprint density at radius 3 is 2.31 bits per heavy atom. The van der Waals surface area contributed by atoms with Crippen molar-refractivity contribution in [2.24, 2.45) is 11.7 Å². The molecule has 1 aromatic heterocycles. The average Bonchev–Trinajstić information content (AvgIpc) is 3.26. The predicted molar refractivity (Wildman–Crippen MR) is 134 cm³/mol. The van der Waals surface area contributed by atoms with Crippen LogP contribution in [0.5, 0.6) is 0 Å². The summed E-state index contributed by atoms with van der Waals surface area (Å²) in [5.74, 6) is -3.56. The van der Waals surface area contributed by atoms with Gasteiger partial charge < -0.3 is 36.9 Å². The van der Waals surface area contributed by atoms with E-state index in [0.29, 0.717) is 6.42 Å². The van der Waals surface area contributed by atoms with Gasteiger partial charge in [-0.1, -0.05) is 38.5 Å². The Hall–Kier alpha value is -3.09. The Balaban J connectivity index is 2.32. The number of hydrogen-bond donors (Lipinski definition) is 8. The second-order valence-corrected chi connectivity index (χ2v) is 8.73. The number of aliphatic hydroxyl groups excluding tert-OH is 1. The van der Waals surface area contributed by atoms with E-state index in [1.165, 1.54) is 0 Å². The summed E-state index contributed by atoms with van der Waals surface area (Å²) in [5.41, 5.74) is 7.28. The zero-order valence-electron chi connectivity index (χ0n) is 19.7. The number of aromatic amines is 1. The summed E-state index contributed by atoms with van der Waals surface area (Å²) in [5, 5.41) is 26.9. The molecule has 1 heterocycles. The van der Waals surface area contributed by atoms with Crippen LogP contribution in [-0.4, -0.2) is 75.4 Å². The number of amides is 3. The molecule has 0 aliphatic heterocycles. The summed E-state index contributed by atoms with van der Waals surface area (Å²) in [7, 11) is 0. The number of hydrogen-bond acceptors (Lipinski definition) is 7. The largest absolute Gasteiger partial charge is 0.480 e. The third kappa shape index (κ3) is 7.44. The number of benzene rings is 1. The molecule has 1 aromatic carbocycles. The highest BCUT2D eigenvalue weighted by atomic mass is 32.1. The van der Waals surface area contributed by atoms with Crippen molar-refractivity contribution < 1.29 is 29.4 Å². The molecule has 35 heavy (non-hydrogen) atoms. The van der Waals surface area contributed by atoms with E-state index >= 15 is 0 Å². The van der Waals surface area contributed by atoms with Gasteiger partial charge in [-0.05, 0) is 17.5 Å². The fourth-order valence-electron chi connectivity index (χ4n) is 3.49. The van der Waals surface area contributed by atoms with E-state index < -0.39 is 54.5 Å². The molecule has 0 fully saturated rings. The number of H-pyrrole nitrogens is 1. The minimum Gasteiger partial charge on any atom is -0.480 e. The normalized spacial score (nSPS) is 15.5. The zero-order valence-corrected chi connectivity index (χ0v) is 20.5. The summed E-state index contributed by atoms with van der Waals surface area (Å²) >= 11 is 4.01. The number of nitrogens with one attached hydrogen (secondary N) is 4. The quantitative estimate of drug-likeness (QED) is 0.169. The van der Waals surface area contributed by atoms with Gasteiger partial charge in [-0.25, -0.2) is 4.79 Å². The lowest BCUT2D eigenvalue weighted by Crippen LogP contribution is -2.59. The number of carbonyl (C=O) groups is 4. The highest BCUT2D eigenvalue weighted by Gasteiger charge is 2.32. The minimum absolute atomic E-state index is 0.0384. The van der Waals surface area contributed by atoms with Gasteiger partial charge in [-0.2, -0.15) is 12.6 Å². The lowest BCUT2D eigenvalue weighted by Gasteiger charge is -2.27. The molecule has 0 spiro atoms. The van der Waals surface area contributed by atoms with Crippen molar-refractivity contribution in [2.45, 2.75) is 50.9 Å². The number of carboxylic acid groups (broad SMARTS) is 1. The molecule has 0 saturated heterocycles. The van der Waals surface area contributed by atoms with Crippen LogP contribution >= 0.6 is 12.6 Å². The van der Waals surface area contributed by atoms with E-state index in [1.54, 1.807) is 13.1 Å². The number of aromatic nitrogens is 1. The molecular formula is C23H33N5O6S. The molecule has 192 valence electrons. The smallest absolute Gasteiger partial charge is 0.328 e. The third-order valence-electron chi connectivity index (χ3n) is 5.86. The van der Waals surface area contributed by atoms with Crippen molar-refractivity contribution in [3.63, 3.8) is 0 Å². The van der Waals surface area contributed by atoms with Gasteiger partial charge in [-0.3, -0.25) is 14.4 Å². The zero-order chi connectivity index (χ0) is 26.1. The Morgan fingerprint density at radius 1 is 1.06 bits per heavy atom. The van der Waals surface area contributed by atoms with Crippen LogP contribution in [0.3, 0.4) is 0 Å². The van der Waals surface area contributed by atoms with Crippen molar-refractivity contribution in [1.29, 1.82) is 0 Å². The first kappa shape index (κ1) is 28.1. The fourth-order valence-corrected chi connectivity index (χ4v) is 3.66. The molecule has 0 saturated carbocycles. The average molecular weight is 508 g/mol. The number of nitrogens with two attached hydrogens (primary N) is 1. The third-order valence-corrected chi connectivity index (χ3v) is 6.25. The van der Waals surface area contributed by atoms with Gasteiger partial charge in [0.1, 0.15) is 18.1 Å². The predicted octanol–water partition coefficient (Wildman–Crippen LogP) is -0.455. The molecular weight excluding hydrogens is 474 g/mol. The van der Waals surface area contributed by atoms with Gasteiger partial charge in [0.25, 0.3) is 0 Å².